The highest BCUT2D eigenvalue weighted by atomic mass is 15.2. The smallest absolute Gasteiger partial charge is 0.188 e. The van der Waals surface area contributed by atoms with Gasteiger partial charge in [-0.25, -0.2) is 0 Å². The van der Waals surface area contributed by atoms with Crippen LogP contribution in [0.4, 0.5) is 0 Å². The van der Waals surface area contributed by atoms with Crippen molar-refractivity contribution in [2.45, 2.75) is 32.7 Å². The molecular formula is C10H22N4. The standard InChI is InChI=1S/C10H22N4/c1-3-12-10(11)13-9-5-7-14(4-2)8-6-9/h9H,3-8H2,1-2H3,(H3,11,12,13). The molecule has 0 aromatic rings. The summed E-state index contributed by atoms with van der Waals surface area (Å²) < 4.78 is 0. The first-order valence-corrected chi connectivity index (χ1v) is 5.55. The molecule has 1 aliphatic heterocycles. The van der Waals surface area contributed by atoms with E-state index in [0.29, 0.717) is 12.0 Å². The summed E-state index contributed by atoms with van der Waals surface area (Å²) in [5.41, 5.74) is 5.71. The number of hydrogen-bond donors (Lipinski definition) is 2. The molecule has 14 heavy (non-hydrogen) atoms. The minimum Gasteiger partial charge on any atom is -0.370 e. The maximum atomic E-state index is 5.71. The minimum atomic E-state index is 0.521. The second-order valence-electron chi connectivity index (χ2n) is 3.71. The summed E-state index contributed by atoms with van der Waals surface area (Å²) in [6, 6.07) is 0.521. The molecule has 1 rings (SSSR count). The Morgan fingerprint density at radius 2 is 2.07 bits per heavy atom. The molecule has 82 valence electrons. The number of nitrogens with two attached hydrogens (primary N) is 1. The van der Waals surface area contributed by atoms with E-state index < -0.39 is 0 Å². The predicted molar refractivity (Wildman–Crippen MR) is 60.4 cm³/mol. The van der Waals surface area contributed by atoms with Gasteiger partial charge in [0.05, 0.1) is 0 Å². The lowest BCUT2D eigenvalue weighted by Crippen LogP contribution is -2.47. The summed E-state index contributed by atoms with van der Waals surface area (Å²) >= 11 is 0. The average Bonchev–Trinajstić information content (AvgIpc) is 2.19. The number of piperidine rings is 1. The number of rotatable bonds is 3. The fraction of sp³-hybridized carbons (Fsp3) is 0.900. The molecule has 0 saturated carbocycles. The van der Waals surface area contributed by atoms with Gasteiger partial charge in [-0.3, -0.25) is 4.99 Å². The number of aliphatic imine (C=N–C) groups is 1. The van der Waals surface area contributed by atoms with Crippen LogP contribution in [0.1, 0.15) is 26.7 Å². The highest BCUT2D eigenvalue weighted by Gasteiger charge is 2.17. The van der Waals surface area contributed by atoms with E-state index in [1.54, 1.807) is 0 Å². The Morgan fingerprint density at radius 3 is 2.57 bits per heavy atom. The molecule has 0 aromatic carbocycles. The topological polar surface area (TPSA) is 53.6 Å². The monoisotopic (exact) mass is 198 g/mol. The van der Waals surface area contributed by atoms with Crippen molar-refractivity contribution < 1.29 is 0 Å². The van der Waals surface area contributed by atoms with Crippen molar-refractivity contribution in [3.63, 3.8) is 0 Å². The van der Waals surface area contributed by atoms with E-state index in [4.69, 9.17) is 5.73 Å². The van der Waals surface area contributed by atoms with Crippen LogP contribution in [0.5, 0.6) is 0 Å². The van der Waals surface area contributed by atoms with Crippen molar-refractivity contribution in [3.8, 4) is 0 Å². The van der Waals surface area contributed by atoms with E-state index in [-0.39, 0.29) is 0 Å². The summed E-state index contributed by atoms with van der Waals surface area (Å²) in [4.78, 5) is 6.59. The van der Waals surface area contributed by atoms with Gasteiger partial charge < -0.3 is 16.0 Å². The molecule has 0 amide bonds. The van der Waals surface area contributed by atoms with Crippen molar-refractivity contribution in [1.82, 2.24) is 10.2 Å². The lowest BCUT2D eigenvalue weighted by atomic mass is 10.1. The molecule has 1 aliphatic rings. The van der Waals surface area contributed by atoms with Crippen molar-refractivity contribution >= 4 is 5.96 Å². The third kappa shape index (κ3) is 3.54. The highest BCUT2D eigenvalue weighted by Crippen LogP contribution is 2.09. The van der Waals surface area contributed by atoms with Gasteiger partial charge in [-0.1, -0.05) is 6.92 Å². The van der Waals surface area contributed by atoms with E-state index in [9.17, 15) is 0 Å². The number of likely N-dealkylation sites (tertiary alicyclic amines) is 1. The van der Waals surface area contributed by atoms with Crippen LogP contribution in [-0.4, -0.2) is 43.1 Å². The number of hydrogen-bond acceptors (Lipinski definition) is 2. The predicted octanol–water partition coefficient (Wildman–Crippen LogP) is 0.395. The van der Waals surface area contributed by atoms with Gasteiger partial charge in [0.25, 0.3) is 0 Å². The maximum Gasteiger partial charge on any atom is 0.188 e. The molecule has 0 bridgehead atoms. The largest absolute Gasteiger partial charge is 0.370 e. The van der Waals surface area contributed by atoms with Gasteiger partial charge in [-0.15, -0.1) is 0 Å². The summed E-state index contributed by atoms with van der Waals surface area (Å²) in [7, 11) is 0. The van der Waals surface area contributed by atoms with Crippen LogP contribution in [0.15, 0.2) is 4.99 Å². The van der Waals surface area contributed by atoms with Crippen LogP contribution in [0.25, 0.3) is 0 Å². The molecule has 4 heteroatoms. The van der Waals surface area contributed by atoms with Gasteiger partial charge in [-0.2, -0.15) is 0 Å². The van der Waals surface area contributed by atoms with Gasteiger partial charge in [0.2, 0.25) is 0 Å². The van der Waals surface area contributed by atoms with Crippen molar-refractivity contribution in [2.24, 2.45) is 10.7 Å². The van der Waals surface area contributed by atoms with Gasteiger partial charge in [0.1, 0.15) is 0 Å². The lowest BCUT2D eigenvalue weighted by molar-refractivity contribution is 0.215. The molecule has 1 heterocycles. The summed E-state index contributed by atoms with van der Waals surface area (Å²) in [6.45, 7) is 8.47. The first-order chi connectivity index (χ1) is 6.76. The zero-order chi connectivity index (χ0) is 10.4. The number of nitrogens with one attached hydrogen (secondary N) is 1. The molecule has 1 fully saturated rings. The highest BCUT2D eigenvalue weighted by molar-refractivity contribution is 5.78. The zero-order valence-corrected chi connectivity index (χ0v) is 9.29. The molecule has 3 N–H and O–H groups in total. The van der Waals surface area contributed by atoms with Crippen LogP contribution in [-0.2, 0) is 0 Å². The van der Waals surface area contributed by atoms with E-state index in [1.807, 2.05) is 6.92 Å². The molecule has 0 aliphatic carbocycles. The van der Waals surface area contributed by atoms with Crippen LogP contribution in [0.2, 0.25) is 0 Å². The zero-order valence-electron chi connectivity index (χ0n) is 9.29. The average molecular weight is 198 g/mol. The Balaban J connectivity index is 2.25. The third-order valence-corrected chi connectivity index (χ3v) is 2.72. The Labute approximate surface area is 86.6 Å². The van der Waals surface area contributed by atoms with Gasteiger partial charge in [0.15, 0.2) is 5.96 Å². The van der Waals surface area contributed by atoms with Crippen molar-refractivity contribution in [1.29, 1.82) is 0 Å². The fourth-order valence-corrected chi connectivity index (χ4v) is 1.82. The van der Waals surface area contributed by atoms with Crippen LogP contribution in [0, 0.1) is 0 Å². The molecule has 0 spiro atoms. The maximum absolute atomic E-state index is 5.71. The fourth-order valence-electron chi connectivity index (χ4n) is 1.82. The van der Waals surface area contributed by atoms with E-state index in [1.165, 1.54) is 25.9 Å². The number of guanidine groups is 1. The van der Waals surface area contributed by atoms with Gasteiger partial charge >= 0.3 is 0 Å². The second kappa shape index (κ2) is 5.86. The van der Waals surface area contributed by atoms with Gasteiger partial charge in [-0.05, 0) is 26.3 Å². The minimum absolute atomic E-state index is 0.521. The Kier molecular flexibility index (Phi) is 4.73. The van der Waals surface area contributed by atoms with E-state index in [2.05, 4.69) is 22.1 Å². The first kappa shape index (κ1) is 11.3. The van der Waals surface area contributed by atoms with Gasteiger partial charge in [0, 0.05) is 25.7 Å². The van der Waals surface area contributed by atoms with Crippen LogP contribution < -0.4 is 11.1 Å². The molecule has 1 saturated heterocycles. The molecule has 0 aromatic heterocycles. The molecule has 0 radical (unpaired) electrons. The molecular weight excluding hydrogens is 176 g/mol. The van der Waals surface area contributed by atoms with Crippen LogP contribution >= 0.6 is 0 Å². The Morgan fingerprint density at radius 1 is 1.43 bits per heavy atom. The normalized spacial score (nSPS) is 21.1. The van der Waals surface area contributed by atoms with E-state index >= 15 is 0 Å². The Bertz CT molecular complexity index is 183. The Hall–Kier alpha value is -0.770. The molecule has 4 nitrogen and oxygen atoms in total. The molecule has 0 unspecified atom stereocenters. The third-order valence-electron chi connectivity index (χ3n) is 2.72. The lowest BCUT2D eigenvalue weighted by Gasteiger charge is -2.31. The summed E-state index contributed by atoms with van der Waals surface area (Å²) in [6.07, 6.45) is 2.35. The quantitative estimate of drug-likeness (QED) is 0.510. The molecule has 0 atom stereocenters. The summed E-state index contributed by atoms with van der Waals surface area (Å²) in [5, 5.41) is 3.27. The number of nitrogens with zero attached hydrogens (tertiary/aromatic N) is 2. The first-order valence-electron chi connectivity index (χ1n) is 5.55. The summed E-state index contributed by atoms with van der Waals surface area (Å²) in [5.74, 6) is 0.599. The van der Waals surface area contributed by atoms with Crippen molar-refractivity contribution in [2.75, 3.05) is 26.2 Å². The van der Waals surface area contributed by atoms with Crippen molar-refractivity contribution in [3.05, 3.63) is 0 Å². The SMILES string of the molecule is CCN=C(N)NC1CCN(CC)CC1. The van der Waals surface area contributed by atoms with Crippen LogP contribution in [0.3, 0.4) is 0 Å². The second-order valence-corrected chi connectivity index (χ2v) is 3.71. The van der Waals surface area contributed by atoms with E-state index in [0.717, 1.165) is 13.1 Å².